The minimum atomic E-state index is -3.69. The molecule has 0 atom stereocenters. The number of aryl methyl sites for hydroxylation is 1. The maximum atomic E-state index is 12.4. The summed E-state index contributed by atoms with van der Waals surface area (Å²) in [5.74, 6) is 0.322. The molecule has 0 bridgehead atoms. The Bertz CT molecular complexity index is 633. The molecule has 0 N–H and O–H groups in total. The van der Waals surface area contributed by atoms with E-state index in [0.29, 0.717) is 5.75 Å². The Morgan fingerprint density at radius 1 is 1.39 bits per heavy atom. The summed E-state index contributed by atoms with van der Waals surface area (Å²) in [4.78, 5) is 0.132. The summed E-state index contributed by atoms with van der Waals surface area (Å²) in [6, 6.07) is 6.69. The summed E-state index contributed by atoms with van der Waals surface area (Å²) in [7, 11) is -2.24. The SMILES string of the molecule is CCc1ccc(OC)c(S(=O)(=O)n2cccn2)c1. The number of hydrogen-bond acceptors (Lipinski definition) is 4. The van der Waals surface area contributed by atoms with Crippen LogP contribution in [-0.4, -0.2) is 24.7 Å². The van der Waals surface area contributed by atoms with Crippen molar-refractivity contribution in [3.63, 3.8) is 0 Å². The molecule has 2 aromatic rings. The van der Waals surface area contributed by atoms with Gasteiger partial charge in [0.25, 0.3) is 10.0 Å². The van der Waals surface area contributed by atoms with Crippen LogP contribution in [0, 0.1) is 0 Å². The molecule has 1 aromatic carbocycles. The van der Waals surface area contributed by atoms with Crippen LogP contribution in [0.1, 0.15) is 12.5 Å². The monoisotopic (exact) mass is 266 g/mol. The third-order valence-corrected chi connectivity index (χ3v) is 4.22. The van der Waals surface area contributed by atoms with Crippen LogP contribution in [0.25, 0.3) is 0 Å². The first-order valence-corrected chi connectivity index (χ1v) is 6.95. The minimum Gasteiger partial charge on any atom is -0.495 e. The van der Waals surface area contributed by atoms with Crippen LogP contribution in [0.3, 0.4) is 0 Å². The molecule has 6 heteroatoms. The first-order chi connectivity index (χ1) is 8.59. The second-order valence-corrected chi connectivity index (χ2v) is 5.49. The van der Waals surface area contributed by atoms with Crippen LogP contribution in [-0.2, 0) is 16.4 Å². The van der Waals surface area contributed by atoms with Crippen molar-refractivity contribution in [2.75, 3.05) is 7.11 Å². The molecule has 0 saturated carbocycles. The highest BCUT2D eigenvalue weighted by Gasteiger charge is 2.22. The lowest BCUT2D eigenvalue weighted by molar-refractivity contribution is 0.402. The van der Waals surface area contributed by atoms with Gasteiger partial charge in [-0.25, -0.2) is 0 Å². The molecule has 0 radical (unpaired) electrons. The summed E-state index contributed by atoms with van der Waals surface area (Å²) < 4.78 is 30.8. The van der Waals surface area contributed by atoms with E-state index >= 15 is 0 Å². The maximum Gasteiger partial charge on any atom is 0.286 e. The molecule has 5 nitrogen and oxygen atoms in total. The average molecular weight is 266 g/mol. The van der Waals surface area contributed by atoms with Gasteiger partial charge in [0.15, 0.2) is 0 Å². The Labute approximate surface area is 106 Å². The molecule has 0 unspecified atom stereocenters. The number of aromatic nitrogens is 2. The Kier molecular flexibility index (Phi) is 3.38. The van der Waals surface area contributed by atoms with Crippen LogP contribution >= 0.6 is 0 Å². The van der Waals surface area contributed by atoms with Gasteiger partial charge in [0, 0.05) is 6.20 Å². The van der Waals surface area contributed by atoms with Crippen molar-refractivity contribution in [2.24, 2.45) is 0 Å². The van der Waals surface area contributed by atoms with Gasteiger partial charge in [0.05, 0.1) is 13.3 Å². The number of benzene rings is 1. The summed E-state index contributed by atoms with van der Waals surface area (Å²) >= 11 is 0. The van der Waals surface area contributed by atoms with E-state index in [1.54, 1.807) is 18.2 Å². The lowest BCUT2D eigenvalue weighted by Crippen LogP contribution is -2.14. The smallest absolute Gasteiger partial charge is 0.286 e. The highest BCUT2D eigenvalue weighted by Crippen LogP contribution is 2.26. The fraction of sp³-hybridized carbons (Fsp3) is 0.250. The molecule has 1 heterocycles. The lowest BCUT2D eigenvalue weighted by atomic mass is 10.2. The van der Waals surface area contributed by atoms with Crippen molar-refractivity contribution < 1.29 is 13.2 Å². The molecule has 0 aliphatic carbocycles. The Morgan fingerprint density at radius 2 is 2.17 bits per heavy atom. The van der Waals surface area contributed by atoms with Crippen LogP contribution in [0.4, 0.5) is 0 Å². The normalized spacial score (nSPS) is 11.4. The van der Waals surface area contributed by atoms with Crippen LogP contribution in [0.5, 0.6) is 5.75 Å². The average Bonchev–Trinajstić information content (AvgIpc) is 2.92. The Morgan fingerprint density at radius 3 is 2.72 bits per heavy atom. The number of ether oxygens (including phenoxy) is 1. The lowest BCUT2D eigenvalue weighted by Gasteiger charge is -2.10. The molecule has 96 valence electrons. The van der Waals surface area contributed by atoms with E-state index in [0.717, 1.165) is 16.1 Å². The molecule has 0 aliphatic heterocycles. The second-order valence-electron chi connectivity index (χ2n) is 3.72. The van der Waals surface area contributed by atoms with Gasteiger partial charge in [-0.05, 0) is 30.2 Å². The number of hydrogen-bond donors (Lipinski definition) is 0. The highest BCUT2D eigenvalue weighted by atomic mass is 32.2. The number of nitrogens with zero attached hydrogens (tertiary/aromatic N) is 2. The van der Waals surface area contributed by atoms with E-state index < -0.39 is 10.0 Å². The van der Waals surface area contributed by atoms with E-state index in [4.69, 9.17) is 4.74 Å². The quantitative estimate of drug-likeness (QED) is 0.845. The van der Waals surface area contributed by atoms with E-state index in [2.05, 4.69) is 5.10 Å². The van der Waals surface area contributed by atoms with Crippen molar-refractivity contribution in [3.8, 4) is 5.75 Å². The molecular formula is C12H14N2O3S. The first kappa shape index (κ1) is 12.6. The predicted octanol–water partition coefficient (Wildman–Crippen LogP) is 1.69. The van der Waals surface area contributed by atoms with Gasteiger partial charge in [-0.15, -0.1) is 0 Å². The summed E-state index contributed by atoms with van der Waals surface area (Å²) in [5, 5.41) is 3.77. The van der Waals surface area contributed by atoms with Crippen LogP contribution in [0.15, 0.2) is 41.6 Å². The highest BCUT2D eigenvalue weighted by molar-refractivity contribution is 7.90. The maximum absolute atomic E-state index is 12.4. The molecular weight excluding hydrogens is 252 g/mol. The van der Waals surface area contributed by atoms with Gasteiger partial charge in [-0.2, -0.15) is 17.6 Å². The van der Waals surface area contributed by atoms with Gasteiger partial charge in [0.2, 0.25) is 0 Å². The van der Waals surface area contributed by atoms with Crippen molar-refractivity contribution in [2.45, 2.75) is 18.2 Å². The topological polar surface area (TPSA) is 61.2 Å². The molecule has 0 fully saturated rings. The second kappa shape index (κ2) is 4.81. The third-order valence-electron chi connectivity index (χ3n) is 2.64. The molecule has 2 rings (SSSR count). The number of rotatable bonds is 4. The van der Waals surface area contributed by atoms with E-state index in [1.165, 1.54) is 19.5 Å². The minimum absolute atomic E-state index is 0.132. The molecule has 0 amide bonds. The molecule has 0 saturated heterocycles. The van der Waals surface area contributed by atoms with Crippen molar-refractivity contribution in [3.05, 3.63) is 42.2 Å². The standard InChI is InChI=1S/C12H14N2O3S/c1-3-10-5-6-11(17-2)12(9-10)18(15,16)14-8-4-7-13-14/h4-9H,3H2,1-2H3. The van der Waals surface area contributed by atoms with Crippen molar-refractivity contribution >= 4 is 10.0 Å². The van der Waals surface area contributed by atoms with Crippen LogP contribution < -0.4 is 4.74 Å². The number of methoxy groups -OCH3 is 1. The zero-order valence-electron chi connectivity index (χ0n) is 10.2. The van der Waals surface area contributed by atoms with E-state index in [1.807, 2.05) is 13.0 Å². The molecule has 0 spiro atoms. The van der Waals surface area contributed by atoms with Crippen LogP contribution in [0.2, 0.25) is 0 Å². The Hall–Kier alpha value is -1.82. The zero-order valence-corrected chi connectivity index (χ0v) is 11.0. The molecule has 1 aromatic heterocycles. The summed E-state index contributed by atoms with van der Waals surface area (Å²) in [5.41, 5.74) is 0.932. The molecule has 0 aliphatic rings. The van der Waals surface area contributed by atoms with Crippen molar-refractivity contribution in [1.29, 1.82) is 0 Å². The van der Waals surface area contributed by atoms with E-state index in [-0.39, 0.29) is 4.90 Å². The largest absolute Gasteiger partial charge is 0.495 e. The van der Waals surface area contributed by atoms with Gasteiger partial charge in [0.1, 0.15) is 10.6 Å². The fourth-order valence-corrected chi connectivity index (χ4v) is 2.96. The molecule has 18 heavy (non-hydrogen) atoms. The third kappa shape index (κ3) is 2.11. The van der Waals surface area contributed by atoms with Gasteiger partial charge >= 0.3 is 0 Å². The Balaban J connectivity index is 2.63. The van der Waals surface area contributed by atoms with Gasteiger partial charge < -0.3 is 4.74 Å². The van der Waals surface area contributed by atoms with Gasteiger partial charge in [-0.3, -0.25) is 0 Å². The fourth-order valence-electron chi connectivity index (χ4n) is 1.64. The van der Waals surface area contributed by atoms with Gasteiger partial charge in [-0.1, -0.05) is 13.0 Å². The van der Waals surface area contributed by atoms with Crippen molar-refractivity contribution in [1.82, 2.24) is 9.19 Å². The summed E-state index contributed by atoms with van der Waals surface area (Å²) in [6.07, 6.45) is 3.58. The predicted molar refractivity (Wildman–Crippen MR) is 67.2 cm³/mol. The zero-order chi connectivity index (χ0) is 13.2. The first-order valence-electron chi connectivity index (χ1n) is 5.51. The van der Waals surface area contributed by atoms with E-state index in [9.17, 15) is 8.42 Å². The summed E-state index contributed by atoms with van der Waals surface area (Å²) in [6.45, 7) is 1.96.